The molecule has 8 heteroatoms. The zero-order valence-electron chi connectivity index (χ0n) is 17.3. The molecule has 0 aromatic carbocycles. The van der Waals surface area contributed by atoms with Crippen molar-refractivity contribution in [2.75, 3.05) is 44.3 Å². The molecule has 2 aromatic heterocycles. The molecule has 0 radical (unpaired) electrons. The Morgan fingerprint density at radius 3 is 2.77 bits per heavy atom. The zero-order chi connectivity index (χ0) is 19.7. The molecule has 2 aromatic rings. The third-order valence-electron chi connectivity index (χ3n) is 5.58. The molecule has 0 spiro atoms. The second kappa shape index (κ2) is 12.1. The average molecular weight is 525 g/mol. The fraction of sp³-hybridized carbons (Fsp3) is 0.545. The van der Waals surface area contributed by atoms with Crippen LogP contribution in [0.5, 0.6) is 0 Å². The predicted octanol–water partition coefficient (Wildman–Crippen LogP) is 3.08. The highest BCUT2D eigenvalue weighted by molar-refractivity contribution is 14.0. The smallest absolute Gasteiger partial charge is 0.191 e. The van der Waals surface area contributed by atoms with E-state index in [9.17, 15) is 0 Å². The number of furan rings is 1. The van der Waals surface area contributed by atoms with E-state index in [1.165, 1.54) is 0 Å². The summed E-state index contributed by atoms with van der Waals surface area (Å²) < 4.78 is 10.9. The first kappa shape index (κ1) is 22.9. The maximum absolute atomic E-state index is 5.49. The van der Waals surface area contributed by atoms with E-state index in [4.69, 9.17) is 14.1 Å². The van der Waals surface area contributed by atoms with Crippen LogP contribution in [0.2, 0.25) is 0 Å². The number of rotatable bonds is 7. The first-order valence-electron chi connectivity index (χ1n) is 10.7. The first-order valence-corrected chi connectivity index (χ1v) is 10.7. The maximum Gasteiger partial charge on any atom is 0.191 e. The number of guanidine groups is 1. The minimum Gasteiger partial charge on any atom is -0.469 e. The molecule has 4 rings (SSSR count). The summed E-state index contributed by atoms with van der Waals surface area (Å²) in [6.45, 7) is 5.30. The van der Waals surface area contributed by atoms with Crippen molar-refractivity contribution in [3.63, 3.8) is 0 Å². The van der Waals surface area contributed by atoms with E-state index in [1.54, 1.807) is 6.26 Å². The molecule has 2 fully saturated rings. The Labute approximate surface area is 195 Å². The molecule has 0 amide bonds. The summed E-state index contributed by atoms with van der Waals surface area (Å²) in [4.78, 5) is 11.7. The van der Waals surface area contributed by atoms with Gasteiger partial charge < -0.3 is 24.7 Å². The van der Waals surface area contributed by atoms with Crippen molar-refractivity contribution in [1.29, 1.82) is 0 Å². The summed E-state index contributed by atoms with van der Waals surface area (Å²) in [7, 11) is 0. The molecule has 2 saturated heterocycles. The van der Waals surface area contributed by atoms with Gasteiger partial charge in [-0.25, -0.2) is 4.98 Å². The molecule has 1 unspecified atom stereocenters. The number of piperidine rings is 1. The molecule has 2 aliphatic rings. The van der Waals surface area contributed by atoms with Gasteiger partial charge in [-0.2, -0.15) is 0 Å². The van der Waals surface area contributed by atoms with Gasteiger partial charge in [0.2, 0.25) is 0 Å². The lowest BCUT2D eigenvalue weighted by Crippen LogP contribution is -2.49. The molecule has 7 nitrogen and oxygen atoms in total. The minimum absolute atomic E-state index is 0. The highest BCUT2D eigenvalue weighted by Crippen LogP contribution is 2.17. The summed E-state index contributed by atoms with van der Waals surface area (Å²) in [6, 6.07) is 10.5. The number of ether oxygens (including phenoxy) is 1. The van der Waals surface area contributed by atoms with E-state index >= 15 is 0 Å². The van der Waals surface area contributed by atoms with Crippen molar-refractivity contribution >= 4 is 35.8 Å². The number of halogens is 1. The standard InChI is InChI=1S/C22H31N5O2.HI/c1-2-10-23-21(5-1)27-12-7-19(8-13-27)26-22(25-16-18-9-15-28-17-18)24-11-6-20-4-3-14-29-20;/h1-5,10,14,18-19H,6-9,11-13,15-17H2,(H2,24,25,26);1H. The molecule has 164 valence electrons. The van der Waals surface area contributed by atoms with Crippen LogP contribution in [0.15, 0.2) is 52.2 Å². The molecule has 2 aliphatic heterocycles. The normalized spacial score (nSPS) is 20.1. The Balaban J connectivity index is 0.00000256. The number of aliphatic imine (C=N–C) groups is 1. The van der Waals surface area contributed by atoms with Crippen LogP contribution in [0.3, 0.4) is 0 Å². The van der Waals surface area contributed by atoms with Gasteiger partial charge in [0, 0.05) is 57.4 Å². The Bertz CT molecular complexity index is 742. The van der Waals surface area contributed by atoms with Crippen molar-refractivity contribution in [3.8, 4) is 0 Å². The molecule has 30 heavy (non-hydrogen) atoms. The second-order valence-corrected chi connectivity index (χ2v) is 7.77. The van der Waals surface area contributed by atoms with Gasteiger partial charge in [0.15, 0.2) is 5.96 Å². The summed E-state index contributed by atoms with van der Waals surface area (Å²) >= 11 is 0. The van der Waals surface area contributed by atoms with Crippen molar-refractivity contribution < 1.29 is 9.15 Å². The molecule has 0 bridgehead atoms. The number of hydrogen-bond acceptors (Lipinski definition) is 5. The number of anilines is 1. The molecule has 1 atom stereocenters. The number of pyridine rings is 1. The zero-order valence-corrected chi connectivity index (χ0v) is 19.7. The van der Waals surface area contributed by atoms with Crippen molar-refractivity contribution in [2.24, 2.45) is 10.9 Å². The van der Waals surface area contributed by atoms with Crippen molar-refractivity contribution in [2.45, 2.75) is 31.7 Å². The van der Waals surface area contributed by atoms with Crippen LogP contribution in [0, 0.1) is 5.92 Å². The summed E-state index contributed by atoms with van der Waals surface area (Å²) in [6.07, 6.45) is 7.67. The fourth-order valence-corrected chi connectivity index (χ4v) is 3.85. The van der Waals surface area contributed by atoms with E-state index in [2.05, 4.69) is 26.6 Å². The first-order chi connectivity index (χ1) is 14.4. The molecular weight excluding hydrogens is 493 g/mol. The second-order valence-electron chi connectivity index (χ2n) is 7.77. The number of aromatic nitrogens is 1. The maximum atomic E-state index is 5.49. The largest absolute Gasteiger partial charge is 0.469 e. The Morgan fingerprint density at radius 2 is 2.07 bits per heavy atom. The van der Waals surface area contributed by atoms with Crippen LogP contribution in [0.1, 0.15) is 25.0 Å². The monoisotopic (exact) mass is 525 g/mol. The predicted molar refractivity (Wildman–Crippen MR) is 130 cm³/mol. The van der Waals surface area contributed by atoms with E-state index < -0.39 is 0 Å². The minimum atomic E-state index is 0. The summed E-state index contributed by atoms with van der Waals surface area (Å²) in [5.74, 6) is 3.49. The number of hydrogen-bond donors (Lipinski definition) is 2. The Kier molecular flexibility index (Phi) is 9.26. The molecule has 0 aliphatic carbocycles. The Morgan fingerprint density at radius 1 is 1.17 bits per heavy atom. The lowest BCUT2D eigenvalue weighted by atomic mass is 10.1. The van der Waals surface area contributed by atoms with Gasteiger partial charge in [-0.05, 0) is 43.5 Å². The van der Waals surface area contributed by atoms with Crippen LogP contribution >= 0.6 is 24.0 Å². The van der Waals surface area contributed by atoms with Crippen LogP contribution in [0.25, 0.3) is 0 Å². The van der Waals surface area contributed by atoms with Gasteiger partial charge in [-0.15, -0.1) is 24.0 Å². The van der Waals surface area contributed by atoms with Gasteiger partial charge in [-0.1, -0.05) is 6.07 Å². The number of nitrogens with zero attached hydrogens (tertiary/aromatic N) is 3. The van der Waals surface area contributed by atoms with Gasteiger partial charge in [-0.3, -0.25) is 4.99 Å². The van der Waals surface area contributed by atoms with Crippen molar-refractivity contribution in [1.82, 2.24) is 15.6 Å². The van der Waals surface area contributed by atoms with Gasteiger partial charge in [0.25, 0.3) is 0 Å². The van der Waals surface area contributed by atoms with Crippen molar-refractivity contribution in [3.05, 3.63) is 48.6 Å². The molecule has 4 heterocycles. The quantitative estimate of drug-likeness (QED) is 0.329. The molecule has 2 N–H and O–H groups in total. The SMILES string of the molecule is I.c1ccc(N2CCC(NC(=NCC3CCOC3)NCCc3ccco3)CC2)nc1. The third-order valence-corrected chi connectivity index (χ3v) is 5.58. The highest BCUT2D eigenvalue weighted by Gasteiger charge is 2.21. The van der Waals surface area contributed by atoms with Crippen LogP contribution in [-0.2, 0) is 11.2 Å². The van der Waals surface area contributed by atoms with Gasteiger partial charge in [0.05, 0.1) is 12.9 Å². The average Bonchev–Trinajstić information content (AvgIpc) is 3.47. The molecule has 0 saturated carbocycles. The topological polar surface area (TPSA) is 74.9 Å². The van der Waals surface area contributed by atoms with Crippen LogP contribution in [-0.4, -0.2) is 56.4 Å². The van der Waals surface area contributed by atoms with Crippen LogP contribution in [0.4, 0.5) is 5.82 Å². The van der Waals surface area contributed by atoms with E-state index in [-0.39, 0.29) is 24.0 Å². The van der Waals surface area contributed by atoms with Crippen LogP contribution < -0.4 is 15.5 Å². The molecular formula is C22H32IN5O2. The Hall–Kier alpha value is -1.81. The highest BCUT2D eigenvalue weighted by atomic mass is 127. The van der Waals surface area contributed by atoms with E-state index in [0.29, 0.717) is 12.0 Å². The summed E-state index contributed by atoms with van der Waals surface area (Å²) in [5.41, 5.74) is 0. The van der Waals surface area contributed by atoms with E-state index in [1.807, 2.05) is 30.5 Å². The lowest BCUT2D eigenvalue weighted by Gasteiger charge is -2.33. The van der Waals surface area contributed by atoms with Gasteiger partial charge >= 0.3 is 0 Å². The number of nitrogens with one attached hydrogen (secondary N) is 2. The lowest BCUT2D eigenvalue weighted by molar-refractivity contribution is 0.187. The third kappa shape index (κ3) is 6.87. The summed E-state index contributed by atoms with van der Waals surface area (Å²) in [5, 5.41) is 7.14. The fourth-order valence-electron chi connectivity index (χ4n) is 3.85. The van der Waals surface area contributed by atoms with Gasteiger partial charge in [0.1, 0.15) is 11.6 Å². The van der Waals surface area contributed by atoms with E-state index in [0.717, 1.165) is 82.6 Å².